The Labute approximate surface area is 103 Å². The van der Waals surface area contributed by atoms with Gasteiger partial charge in [-0.1, -0.05) is 31.9 Å². The maximum absolute atomic E-state index is 12.1. The first-order chi connectivity index (χ1) is 8.14. The predicted molar refractivity (Wildman–Crippen MR) is 62.1 cm³/mol. The van der Waals surface area contributed by atoms with Crippen LogP contribution in [0, 0.1) is 17.8 Å². The van der Waals surface area contributed by atoms with Crippen LogP contribution < -0.4 is 5.32 Å². The van der Waals surface area contributed by atoms with Crippen molar-refractivity contribution in [1.29, 1.82) is 0 Å². The molecule has 1 N–H and O–H groups in total. The van der Waals surface area contributed by atoms with E-state index in [9.17, 15) is 18.0 Å². The van der Waals surface area contributed by atoms with E-state index in [4.69, 9.17) is 6.42 Å². The van der Waals surface area contributed by atoms with Gasteiger partial charge in [0.05, 0.1) is 0 Å². The van der Waals surface area contributed by atoms with E-state index in [1.165, 1.54) is 12.2 Å². The SMILES string of the molecule is C#CC1=CC(C)(C)C=CC(NC(=O)C(F)(F)F)=C1. The molecule has 0 saturated carbocycles. The zero-order chi connectivity index (χ0) is 14.0. The van der Waals surface area contributed by atoms with Gasteiger partial charge in [0.15, 0.2) is 0 Å². The Kier molecular flexibility index (Phi) is 3.70. The van der Waals surface area contributed by atoms with Gasteiger partial charge in [-0.05, 0) is 12.2 Å². The average Bonchev–Trinajstić information content (AvgIpc) is 2.36. The van der Waals surface area contributed by atoms with Crippen LogP contribution in [0.2, 0.25) is 0 Å². The van der Waals surface area contributed by atoms with E-state index in [2.05, 4.69) is 5.92 Å². The van der Waals surface area contributed by atoms with Gasteiger partial charge in [0.25, 0.3) is 0 Å². The Morgan fingerprint density at radius 3 is 2.56 bits per heavy atom. The van der Waals surface area contributed by atoms with Gasteiger partial charge in [-0.15, -0.1) is 6.42 Å². The van der Waals surface area contributed by atoms with Crippen molar-refractivity contribution in [3.8, 4) is 12.3 Å². The molecule has 0 aromatic rings. The van der Waals surface area contributed by atoms with Gasteiger partial charge >= 0.3 is 12.1 Å². The van der Waals surface area contributed by atoms with Crippen LogP contribution in [0.5, 0.6) is 0 Å². The first-order valence-corrected chi connectivity index (χ1v) is 5.13. The molecule has 5 heteroatoms. The Hall–Kier alpha value is -1.96. The second-order valence-corrected chi connectivity index (χ2v) is 4.45. The zero-order valence-electron chi connectivity index (χ0n) is 9.93. The Bertz CT molecular complexity index is 487. The summed E-state index contributed by atoms with van der Waals surface area (Å²) in [6.45, 7) is 3.70. The molecule has 0 bridgehead atoms. The third-order valence-electron chi connectivity index (χ3n) is 2.21. The minimum atomic E-state index is -4.92. The van der Waals surface area contributed by atoms with Gasteiger partial charge in [0, 0.05) is 16.7 Å². The number of carbonyl (C=O) groups excluding carboxylic acids is 1. The van der Waals surface area contributed by atoms with Gasteiger partial charge in [0.1, 0.15) is 0 Å². The van der Waals surface area contributed by atoms with Crippen LogP contribution in [0.25, 0.3) is 0 Å². The van der Waals surface area contributed by atoms with Crippen LogP contribution in [-0.2, 0) is 4.79 Å². The molecule has 0 aromatic carbocycles. The highest BCUT2D eigenvalue weighted by molar-refractivity contribution is 5.83. The van der Waals surface area contributed by atoms with Crippen molar-refractivity contribution in [2.45, 2.75) is 20.0 Å². The Morgan fingerprint density at radius 1 is 1.44 bits per heavy atom. The van der Waals surface area contributed by atoms with Crippen molar-refractivity contribution in [2.24, 2.45) is 5.41 Å². The normalized spacial score (nSPS) is 18.2. The molecule has 0 aromatic heterocycles. The number of carbonyl (C=O) groups is 1. The molecule has 0 atom stereocenters. The lowest BCUT2D eigenvalue weighted by Crippen LogP contribution is -2.35. The van der Waals surface area contributed by atoms with Crippen molar-refractivity contribution < 1.29 is 18.0 Å². The zero-order valence-corrected chi connectivity index (χ0v) is 9.93. The fraction of sp³-hybridized carbons (Fsp3) is 0.308. The first-order valence-electron chi connectivity index (χ1n) is 5.13. The van der Waals surface area contributed by atoms with E-state index < -0.39 is 12.1 Å². The van der Waals surface area contributed by atoms with Crippen molar-refractivity contribution in [3.05, 3.63) is 35.6 Å². The molecule has 0 unspecified atom stereocenters. The molecule has 96 valence electrons. The first kappa shape index (κ1) is 14.1. The molecule has 1 aliphatic carbocycles. The van der Waals surface area contributed by atoms with E-state index in [0.717, 1.165) is 0 Å². The number of hydrogen-bond donors (Lipinski definition) is 1. The smallest absolute Gasteiger partial charge is 0.318 e. The third-order valence-corrected chi connectivity index (χ3v) is 2.21. The summed E-state index contributed by atoms with van der Waals surface area (Å²) in [5.41, 5.74) is 0.0534. The van der Waals surface area contributed by atoms with Gasteiger partial charge in [0.2, 0.25) is 0 Å². The Morgan fingerprint density at radius 2 is 2.06 bits per heavy atom. The van der Waals surface area contributed by atoms with E-state index in [1.807, 2.05) is 13.8 Å². The van der Waals surface area contributed by atoms with Crippen molar-refractivity contribution in [2.75, 3.05) is 0 Å². The summed E-state index contributed by atoms with van der Waals surface area (Å²) in [6.07, 6.45) is 6.46. The molecular weight excluding hydrogens is 243 g/mol. The summed E-state index contributed by atoms with van der Waals surface area (Å²) in [7, 11) is 0. The summed E-state index contributed by atoms with van der Waals surface area (Å²) in [6, 6.07) is 0. The van der Waals surface area contributed by atoms with E-state index in [1.54, 1.807) is 17.5 Å². The summed E-state index contributed by atoms with van der Waals surface area (Å²) < 4.78 is 36.4. The van der Waals surface area contributed by atoms with Gasteiger partial charge in [-0.3, -0.25) is 4.79 Å². The minimum absolute atomic E-state index is 0.0205. The summed E-state index contributed by atoms with van der Waals surface area (Å²) >= 11 is 0. The van der Waals surface area contributed by atoms with Crippen LogP contribution >= 0.6 is 0 Å². The monoisotopic (exact) mass is 255 g/mol. The summed E-state index contributed by atoms with van der Waals surface area (Å²) in [5, 5.41) is 1.77. The van der Waals surface area contributed by atoms with E-state index in [-0.39, 0.29) is 11.1 Å². The van der Waals surface area contributed by atoms with Crippen LogP contribution in [-0.4, -0.2) is 12.1 Å². The van der Waals surface area contributed by atoms with Crippen molar-refractivity contribution >= 4 is 5.91 Å². The molecule has 1 aliphatic rings. The van der Waals surface area contributed by atoms with Crippen molar-refractivity contribution in [3.63, 3.8) is 0 Å². The van der Waals surface area contributed by atoms with E-state index >= 15 is 0 Å². The second-order valence-electron chi connectivity index (χ2n) is 4.45. The number of allylic oxidation sites excluding steroid dienone is 5. The van der Waals surface area contributed by atoms with Gasteiger partial charge in [-0.25, -0.2) is 0 Å². The number of halogens is 3. The highest BCUT2D eigenvalue weighted by Gasteiger charge is 2.38. The third kappa shape index (κ3) is 3.81. The summed E-state index contributed by atoms with van der Waals surface area (Å²) in [4.78, 5) is 10.8. The number of amides is 1. The highest BCUT2D eigenvalue weighted by atomic mass is 19.4. The summed E-state index contributed by atoms with van der Waals surface area (Å²) in [5.74, 6) is 0.335. The number of alkyl halides is 3. The van der Waals surface area contributed by atoms with Crippen LogP contribution in [0.1, 0.15) is 13.8 Å². The molecule has 0 saturated heterocycles. The molecule has 1 amide bonds. The number of terminal acetylenes is 1. The minimum Gasteiger partial charge on any atom is -0.318 e. The van der Waals surface area contributed by atoms with Gasteiger partial charge in [-0.2, -0.15) is 13.2 Å². The number of nitrogens with one attached hydrogen (secondary N) is 1. The fourth-order valence-corrected chi connectivity index (χ4v) is 1.37. The number of rotatable bonds is 1. The molecule has 2 nitrogen and oxygen atoms in total. The van der Waals surface area contributed by atoms with Crippen LogP contribution in [0.15, 0.2) is 35.6 Å². The quantitative estimate of drug-likeness (QED) is 0.717. The lowest BCUT2D eigenvalue weighted by atomic mass is 9.91. The Balaban J connectivity index is 2.99. The molecule has 0 radical (unpaired) electrons. The topological polar surface area (TPSA) is 29.1 Å². The van der Waals surface area contributed by atoms with Gasteiger partial charge < -0.3 is 5.32 Å². The van der Waals surface area contributed by atoms with E-state index in [0.29, 0.717) is 5.57 Å². The molecule has 0 spiro atoms. The molecule has 1 rings (SSSR count). The lowest BCUT2D eigenvalue weighted by Gasteiger charge is -2.13. The maximum Gasteiger partial charge on any atom is 0.471 e. The maximum atomic E-state index is 12.1. The molecule has 0 aliphatic heterocycles. The fourth-order valence-electron chi connectivity index (χ4n) is 1.37. The standard InChI is InChI=1S/C13H12F3NO/c1-4-9-7-10(5-6-12(2,3)8-9)17-11(18)13(14,15)16/h1,5-8H,2-3H3,(H,17,18). The largest absolute Gasteiger partial charge is 0.471 e. The van der Waals surface area contributed by atoms with Crippen LogP contribution in [0.3, 0.4) is 0 Å². The van der Waals surface area contributed by atoms with Crippen LogP contribution in [0.4, 0.5) is 13.2 Å². The molecule has 18 heavy (non-hydrogen) atoms. The predicted octanol–water partition coefficient (Wildman–Crippen LogP) is 2.70. The molecule has 0 heterocycles. The second kappa shape index (κ2) is 4.73. The molecule has 0 fully saturated rings. The number of hydrogen-bond acceptors (Lipinski definition) is 1. The highest BCUT2D eigenvalue weighted by Crippen LogP contribution is 2.25. The van der Waals surface area contributed by atoms with Crippen molar-refractivity contribution in [1.82, 2.24) is 5.32 Å². The molecular formula is C13H12F3NO. The lowest BCUT2D eigenvalue weighted by molar-refractivity contribution is -0.172. The average molecular weight is 255 g/mol.